The molecule has 3 atom stereocenters. The van der Waals surface area contributed by atoms with E-state index in [1.54, 1.807) is 6.20 Å². The smallest absolute Gasteiger partial charge is 0.252 e. The first-order chi connectivity index (χ1) is 11.1. The second-order valence-electron chi connectivity index (χ2n) is 6.85. The standard InChI is InChI=1S/C17H27N3O3/c1-2-23-17(6-3-4-7-17)16(22)19-14-10-13(11-15(14)21)12-20-9-5-8-18-20/h5,8-9,13-15,21H,2-4,6-7,10-12H2,1H3,(H,19,22)/t13?,14-,15-/m1/s1. The molecule has 1 unspecified atom stereocenters. The van der Waals surface area contributed by atoms with Gasteiger partial charge in [0.05, 0.1) is 12.1 Å². The molecule has 2 aliphatic carbocycles. The number of nitrogens with zero attached hydrogens (tertiary/aromatic N) is 2. The Balaban J connectivity index is 1.57. The number of carbonyl (C=O) groups is 1. The summed E-state index contributed by atoms with van der Waals surface area (Å²) in [6.45, 7) is 3.26. The number of hydrogen-bond donors (Lipinski definition) is 2. The molecule has 2 saturated carbocycles. The quantitative estimate of drug-likeness (QED) is 0.832. The molecule has 1 heterocycles. The molecule has 0 radical (unpaired) electrons. The van der Waals surface area contributed by atoms with Gasteiger partial charge >= 0.3 is 0 Å². The van der Waals surface area contributed by atoms with Crippen molar-refractivity contribution < 1.29 is 14.6 Å². The predicted octanol–water partition coefficient (Wildman–Crippen LogP) is 1.49. The summed E-state index contributed by atoms with van der Waals surface area (Å²) in [5, 5.41) is 17.6. The average Bonchev–Trinajstić information content (AvgIpc) is 3.24. The third kappa shape index (κ3) is 3.58. The lowest BCUT2D eigenvalue weighted by Gasteiger charge is -2.30. The highest BCUT2D eigenvalue weighted by Crippen LogP contribution is 2.35. The molecular formula is C17H27N3O3. The van der Waals surface area contributed by atoms with Crippen molar-refractivity contribution in [1.29, 1.82) is 0 Å². The Hall–Kier alpha value is -1.40. The SMILES string of the molecule is CCOC1(C(=O)N[C@@H]2CC(Cn3cccn3)C[C@H]2O)CCCC1. The molecule has 1 aromatic heterocycles. The van der Waals surface area contributed by atoms with Gasteiger partial charge in [0.1, 0.15) is 5.60 Å². The Bertz CT molecular complexity index is 511. The Kier molecular flexibility index (Phi) is 5.02. The van der Waals surface area contributed by atoms with Gasteiger partial charge in [0.25, 0.3) is 5.91 Å². The molecule has 0 bridgehead atoms. The van der Waals surface area contributed by atoms with Crippen molar-refractivity contribution in [3.63, 3.8) is 0 Å². The zero-order chi connectivity index (χ0) is 16.3. The minimum atomic E-state index is -0.672. The van der Waals surface area contributed by atoms with Crippen molar-refractivity contribution in [3.05, 3.63) is 18.5 Å². The number of aromatic nitrogens is 2. The summed E-state index contributed by atoms with van der Waals surface area (Å²) >= 11 is 0. The van der Waals surface area contributed by atoms with Crippen LogP contribution in [0.15, 0.2) is 18.5 Å². The van der Waals surface area contributed by atoms with Crippen LogP contribution in [0.5, 0.6) is 0 Å². The fraction of sp³-hybridized carbons (Fsp3) is 0.765. The van der Waals surface area contributed by atoms with Crippen molar-refractivity contribution in [2.24, 2.45) is 5.92 Å². The molecule has 3 rings (SSSR count). The van der Waals surface area contributed by atoms with Crippen LogP contribution in [-0.4, -0.2) is 45.1 Å². The van der Waals surface area contributed by atoms with E-state index in [4.69, 9.17) is 4.74 Å². The molecule has 128 valence electrons. The number of rotatable bonds is 6. The van der Waals surface area contributed by atoms with Gasteiger partial charge in [-0.05, 0) is 57.4 Å². The molecule has 0 saturated heterocycles. The molecule has 1 amide bonds. The van der Waals surface area contributed by atoms with E-state index in [1.807, 2.05) is 23.9 Å². The monoisotopic (exact) mass is 321 g/mol. The van der Waals surface area contributed by atoms with Crippen LogP contribution in [0.4, 0.5) is 0 Å². The Morgan fingerprint density at radius 1 is 1.43 bits per heavy atom. The van der Waals surface area contributed by atoms with Gasteiger partial charge in [-0.1, -0.05) is 0 Å². The van der Waals surface area contributed by atoms with Crippen LogP contribution in [-0.2, 0) is 16.1 Å². The number of hydrogen-bond acceptors (Lipinski definition) is 4. The second kappa shape index (κ2) is 7.01. The van der Waals surface area contributed by atoms with Gasteiger partial charge in [0.15, 0.2) is 0 Å². The number of ether oxygens (including phenoxy) is 1. The first kappa shape index (κ1) is 16.5. The minimum absolute atomic E-state index is 0.0411. The zero-order valence-electron chi connectivity index (χ0n) is 13.8. The lowest BCUT2D eigenvalue weighted by Crippen LogP contribution is -2.52. The third-order valence-electron chi connectivity index (χ3n) is 5.19. The van der Waals surface area contributed by atoms with Gasteiger partial charge in [-0.15, -0.1) is 0 Å². The Morgan fingerprint density at radius 3 is 2.87 bits per heavy atom. The number of amides is 1. The van der Waals surface area contributed by atoms with Crippen molar-refractivity contribution in [1.82, 2.24) is 15.1 Å². The zero-order valence-corrected chi connectivity index (χ0v) is 13.8. The van der Waals surface area contributed by atoms with Gasteiger partial charge < -0.3 is 15.2 Å². The van der Waals surface area contributed by atoms with Gasteiger partial charge in [-0.2, -0.15) is 5.10 Å². The Labute approximate surface area is 137 Å². The fourth-order valence-corrected chi connectivity index (χ4v) is 4.05. The van der Waals surface area contributed by atoms with Crippen LogP contribution in [0.2, 0.25) is 0 Å². The molecule has 6 nitrogen and oxygen atoms in total. The Morgan fingerprint density at radius 2 is 2.22 bits per heavy atom. The van der Waals surface area contributed by atoms with E-state index in [2.05, 4.69) is 10.4 Å². The molecule has 0 aromatic carbocycles. The van der Waals surface area contributed by atoms with Crippen molar-refractivity contribution in [3.8, 4) is 0 Å². The normalized spacial score (nSPS) is 29.7. The van der Waals surface area contributed by atoms with Crippen molar-refractivity contribution >= 4 is 5.91 Å². The molecule has 0 spiro atoms. The first-order valence-corrected chi connectivity index (χ1v) is 8.73. The number of aliphatic hydroxyl groups is 1. The highest BCUT2D eigenvalue weighted by atomic mass is 16.5. The minimum Gasteiger partial charge on any atom is -0.391 e. The molecular weight excluding hydrogens is 294 g/mol. The molecule has 2 fully saturated rings. The van der Waals surface area contributed by atoms with Gasteiger partial charge in [0.2, 0.25) is 0 Å². The summed E-state index contributed by atoms with van der Waals surface area (Å²) in [6.07, 6.45) is 8.32. The summed E-state index contributed by atoms with van der Waals surface area (Å²) in [7, 11) is 0. The predicted molar refractivity (Wildman–Crippen MR) is 85.7 cm³/mol. The van der Waals surface area contributed by atoms with Crippen LogP contribution in [0.3, 0.4) is 0 Å². The maximum atomic E-state index is 12.7. The molecule has 2 N–H and O–H groups in total. The van der Waals surface area contributed by atoms with Crippen LogP contribution in [0.1, 0.15) is 45.4 Å². The highest BCUT2D eigenvalue weighted by molar-refractivity contribution is 5.85. The van der Waals surface area contributed by atoms with Crippen LogP contribution in [0.25, 0.3) is 0 Å². The van der Waals surface area contributed by atoms with E-state index in [0.29, 0.717) is 18.9 Å². The summed E-state index contributed by atoms with van der Waals surface area (Å²) in [5.41, 5.74) is -0.672. The molecule has 1 aromatic rings. The van der Waals surface area contributed by atoms with E-state index in [9.17, 15) is 9.90 Å². The van der Waals surface area contributed by atoms with Crippen LogP contribution >= 0.6 is 0 Å². The third-order valence-corrected chi connectivity index (χ3v) is 5.19. The van der Waals surface area contributed by atoms with E-state index in [0.717, 1.165) is 38.6 Å². The summed E-state index contributed by atoms with van der Waals surface area (Å²) in [4.78, 5) is 12.7. The van der Waals surface area contributed by atoms with Crippen molar-refractivity contribution in [2.45, 2.75) is 69.7 Å². The van der Waals surface area contributed by atoms with E-state index in [1.165, 1.54) is 0 Å². The lowest BCUT2D eigenvalue weighted by molar-refractivity contribution is -0.147. The molecule has 6 heteroatoms. The highest BCUT2D eigenvalue weighted by Gasteiger charge is 2.44. The van der Waals surface area contributed by atoms with Gasteiger partial charge in [-0.25, -0.2) is 0 Å². The summed E-state index contributed by atoms with van der Waals surface area (Å²) in [5.74, 6) is 0.294. The molecule has 23 heavy (non-hydrogen) atoms. The van der Waals surface area contributed by atoms with Gasteiger partial charge in [-0.3, -0.25) is 9.48 Å². The first-order valence-electron chi connectivity index (χ1n) is 8.73. The largest absolute Gasteiger partial charge is 0.391 e. The fourth-order valence-electron chi connectivity index (χ4n) is 4.05. The summed E-state index contributed by atoms with van der Waals surface area (Å²) in [6, 6.07) is 1.72. The number of nitrogens with one attached hydrogen (secondary N) is 1. The van der Waals surface area contributed by atoms with E-state index in [-0.39, 0.29) is 11.9 Å². The average molecular weight is 321 g/mol. The maximum absolute atomic E-state index is 12.7. The van der Waals surface area contributed by atoms with Gasteiger partial charge in [0, 0.05) is 25.5 Å². The molecule has 2 aliphatic rings. The van der Waals surface area contributed by atoms with Crippen LogP contribution < -0.4 is 5.32 Å². The molecule has 0 aliphatic heterocycles. The van der Waals surface area contributed by atoms with Crippen LogP contribution in [0, 0.1) is 5.92 Å². The number of aliphatic hydroxyl groups excluding tert-OH is 1. The topological polar surface area (TPSA) is 76.4 Å². The van der Waals surface area contributed by atoms with E-state index < -0.39 is 11.7 Å². The second-order valence-corrected chi connectivity index (χ2v) is 6.85. The number of carbonyl (C=O) groups excluding carboxylic acids is 1. The van der Waals surface area contributed by atoms with E-state index >= 15 is 0 Å². The van der Waals surface area contributed by atoms with Crippen molar-refractivity contribution in [2.75, 3.05) is 6.61 Å². The summed E-state index contributed by atoms with van der Waals surface area (Å²) < 4.78 is 7.69. The lowest BCUT2D eigenvalue weighted by atomic mass is 9.99. The maximum Gasteiger partial charge on any atom is 0.252 e.